The topological polar surface area (TPSA) is 52.1 Å². The summed E-state index contributed by atoms with van der Waals surface area (Å²) in [5.41, 5.74) is 0.0275. The van der Waals surface area contributed by atoms with E-state index in [0.717, 1.165) is 29.8 Å². The van der Waals surface area contributed by atoms with Crippen molar-refractivity contribution in [3.63, 3.8) is 0 Å². The van der Waals surface area contributed by atoms with Crippen molar-refractivity contribution in [2.45, 2.75) is 13.1 Å². The Hall–Kier alpha value is -2.74. The average molecular weight is 364 g/mol. The number of hydrogen-bond donors (Lipinski definition) is 0. The lowest BCUT2D eigenvalue weighted by Gasteiger charge is -2.07. The molecule has 0 N–H and O–H groups in total. The SMILES string of the molecule is Cc1sc(-c2ccncc2)nc1OC(=O)c1ccc(C(F)(F)F)cc1. The highest BCUT2D eigenvalue weighted by Crippen LogP contribution is 2.32. The van der Waals surface area contributed by atoms with Gasteiger partial charge >= 0.3 is 12.1 Å². The van der Waals surface area contributed by atoms with Crippen molar-refractivity contribution in [3.05, 3.63) is 64.8 Å². The minimum absolute atomic E-state index is 0.0193. The van der Waals surface area contributed by atoms with E-state index in [4.69, 9.17) is 4.74 Å². The molecule has 128 valence electrons. The molecule has 0 bridgehead atoms. The Kier molecular flexibility index (Phi) is 4.54. The number of esters is 1. The molecule has 0 aliphatic carbocycles. The maximum Gasteiger partial charge on any atom is 0.416 e. The van der Waals surface area contributed by atoms with Crippen LogP contribution in [0.25, 0.3) is 10.6 Å². The van der Waals surface area contributed by atoms with E-state index in [2.05, 4.69) is 9.97 Å². The lowest BCUT2D eigenvalue weighted by molar-refractivity contribution is -0.137. The third-order valence-electron chi connectivity index (χ3n) is 3.32. The van der Waals surface area contributed by atoms with Crippen LogP contribution in [-0.2, 0) is 6.18 Å². The molecule has 0 saturated carbocycles. The summed E-state index contributed by atoms with van der Waals surface area (Å²) < 4.78 is 42.9. The normalized spacial score (nSPS) is 11.4. The number of aryl methyl sites for hydroxylation is 1. The zero-order valence-electron chi connectivity index (χ0n) is 12.9. The van der Waals surface area contributed by atoms with Gasteiger partial charge in [-0.05, 0) is 43.3 Å². The Labute approximate surface area is 144 Å². The van der Waals surface area contributed by atoms with E-state index in [9.17, 15) is 18.0 Å². The number of alkyl halides is 3. The van der Waals surface area contributed by atoms with Crippen LogP contribution in [0, 0.1) is 6.92 Å². The molecule has 4 nitrogen and oxygen atoms in total. The Bertz CT molecular complexity index is 891. The number of pyridine rings is 1. The molecule has 2 aromatic heterocycles. The summed E-state index contributed by atoms with van der Waals surface area (Å²) in [6.07, 6.45) is -1.20. The number of carbonyl (C=O) groups is 1. The molecule has 3 rings (SSSR count). The molecule has 0 fully saturated rings. The van der Waals surface area contributed by atoms with Crippen molar-refractivity contribution in [1.29, 1.82) is 0 Å². The molecule has 1 aromatic carbocycles. The van der Waals surface area contributed by atoms with Gasteiger partial charge < -0.3 is 4.74 Å². The Morgan fingerprint density at radius 3 is 2.32 bits per heavy atom. The number of aromatic nitrogens is 2. The molecule has 0 aliphatic heterocycles. The summed E-state index contributed by atoms with van der Waals surface area (Å²) in [7, 11) is 0. The first-order chi connectivity index (χ1) is 11.8. The van der Waals surface area contributed by atoms with Crippen LogP contribution in [0.2, 0.25) is 0 Å². The molecule has 0 atom stereocenters. The summed E-state index contributed by atoms with van der Waals surface area (Å²) in [6.45, 7) is 1.75. The molecule has 8 heteroatoms. The van der Waals surface area contributed by atoms with E-state index >= 15 is 0 Å². The van der Waals surface area contributed by atoms with E-state index in [1.165, 1.54) is 11.3 Å². The lowest BCUT2D eigenvalue weighted by Crippen LogP contribution is -2.11. The van der Waals surface area contributed by atoms with E-state index in [1.54, 1.807) is 31.5 Å². The van der Waals surface area contributed by atoms with Gasteiger partial charge in [0.1, 0.15) is 5.01 Å². The van der Waals surface area contributed by atoms with Crippen LogP contribution in [0.5, 0.6) is 5.88 Å². The number of halogens is 3. The summed E-state index contributed by atoms with van der Waals surface area (Å²) in [5.74, 6) is -0.620. The summed E-state index contributed by atoms with van der Waals surface area (Å²) in [6, 6.07) is 7.40. The summed E-state index contributed by atoms with van der Waals surface area (Å²) in [4.78, 5) is 21.0. The average Bonchev–Trinajstić information content (AvgIpc) is 2.96. The standard InChI is InChI=1S/C17H11F3N2O2S/c1-10-14(22-15(25-10)11-6-8-21-9-7-11)24-16(23)12-2-4-13(5-3-12)17(18,19)20/h2-9H,1H3. The highest BCUT2D eigenvalue weighted by molar-refractivity contribution is 7.15. The fourth-order valence-corrected chi connectivity index (χ4v) is 2.88. The molecule has 0 amide bonds. The van der Waals surface area contributed by atoms with Crippen molar-refractivity contribution >= 4 is 17.3 Å². The van der Waals surface area contributed by atoms with Gasteiger partial charge in [-0.2, -0.15) is 13.2 Å². The number of nitrogens with zero attached hydrogens (tertiary/aromatic N) is 2. The maximum absolute atomic E-state index is 12.6. The quantitative estimate of drug-likeness (QED) is 0.629. The Balaban J connectivity index is 1.78. The van der Waals surface area contributed by atoms with Gasteiger partial charge in [-0.15, -0.1) is 11.3 Å². The fraction of sp³-hybridized carbons (Fsp3) is 0.118. The van der Waals surface area contributed by atoms with Gasteiger partial charge in [0.15, 0.2) is 0 Å². The van der Waals surface area contributed by atoms with Gasteiger partial charge in [-0.25, -0.2) is 9.78 Å². The second-order valence-electron chi connectivity index (χ2n) is 5.08. The molecule has 0 saturated heterocycles. The van der Waals surface area contributed by atoms with Gasteiger partial charge in [0, 0.05) is 18.0 Å². The lowest BCUT2D eigenvalue weighted by atomic mass is 10.1. The van der Waals surface area contributed by atoms with Crippen molar-refractivity contribution in [1.82, 2.24) is 9.97 Å². The van der Waals surface area contributed by atoms with Gasteiger partial charge in [0.2, 0.25) is 5.88 Å². The second-order valence-corrected chi connectivity index (χ2v) is 6.28. The molecule has 0 radical (unpaired) electrons. The molecule has 2 heterocycles. The number of hydrogen-bond acceptors (Lipinski definition) is 5. The second kappa shape index (κ2) is 6.64. The minimum Gasteiger partial charge on any atom is -0.403 e. The third-order valence-corrected chi connectivity index (χ3v) is 4.32. The third kappa shape index (κ3) is 3.85. The monoisotopic (exact) mass is 364 g/mol. The highest BCUT2D eigenvalue weighted by Gasteiger charge is 2.30. The van der Waals surface area contributed by atoms with Crippen LogP contribution < -0.4 is 4.74 Å². The number of thiazole rings is 1. The van der Waals surface area contributed by atoms with Gasteiger partial charge in [0.05, 0.1) is 16.0 Å². The molecule has 0 spiro atoms. The summed E-state index contributed by atoms with van der Waals surface area (Å²) >= 11 is 1.35. The predicted molar refractivity (Wildman–Crippen MR) is 86.5 cm³/mol. The Morgan fingerprint density at radius 2 is 1.72 bits per heavy atom. The van der Waals surface area contributed by atoms with Crippen LogP contribution >= 0.6 is 11.3 Å². The van der Waals surface area contributed by atoms with Crippen molar-refractivity contribution in [2.24, 2.45) is 0 Å². The van der Waals surface area contributed by atoms with Crippen molar-refractivity contribution < 1.29 is 22.7 Å². The molecule has 3 aromatic rings. The fourth-order valence-electron chi connectivity index (χ4n) is 2.04. The van der Waals surface area contributed by atoms with Crippen LogP contribution in [0.4, 0.5) is 13.2 Å². The minimum atomic E-state index is -4.45. The van der Waals surface area contributed by atoms with E-state index in [1.807, 2.05) is 0 Å². The van der Waals surface area contributed by atoms with Crippen molar-refractivity contribution in [3.8, 4) is 16.5 Å². The number of ether oxygens (including phenoxy) is 1. The zero-order chi connectivity index (χ0) is 18.0. The first-order valence-electron chi connectivity index (χ1n) is 7.12. The first-order valence-corrected chi connectivity index (χ1v) is 7.93. The first kappa shape index (κ1) is 17.1. The van der Waals surface area contributed by atoms with E-state index < -0.39 is 17.7 Å². The molecule has 0 unspecified atom stereocenters. The van der Waals surface area contributed by atoms with Gasteiger partial charge in [-0.1, -0.05) is 0 Å². The highest BCUT2D eigenvalue weighted by atomic mass is 32.1. The largest absolute Gasteiger partial charge is 0.416 e. The smallest absolute Gasteiger partial charge is 0.403 e. The zero-order valence-corrected chi connectivity index (χ0v) is 13.7. The van der Waals surface area contributed by atoms with Crippen LogP contribution in [0.3, 0.4) is 0 Å². The summed E-state index contributed by atoms with van der Waals surface area (Å²) in [5, 5.41) is 0.662. The Morgan fingerprint density at radius 1 is 1.08 bits per heavy atom. The maximum atomic E-state index is 12.6. The molecular formula is C17H11F3N2O2S. The van der Waals surface area contributed by atoms with Gasteiger partial charge in [0.25, 0.3) is 0 Å². The number of carbonyl (C=O) groups excluding carboxylic acids is 1. The van der Waals surface area contributed by atoms with Crippen LogP contribution in [0.15, 0.2) is 48.8 Å². The van der Waals surface area contributed by atoms with E-state index in [-0.39, 0.29) is 11.4 Å². The van der Waals surface area contributed by atoms with Gasteiger partial charge in [-0.3, -0.25) is 4.98 Å². The van der Waals surface area contributed by atoms with Crippen molar-refractivity contribution in [2.75, 3.05) is 0 Å². The molecule has 0 aliphatic rings. The molecular weight excluding hydrogens is 353 g/mol. The predicted octanol–water partition coefficient (Wildman–Crippen LogP) is 4.75. The van der Waals surface area contributed by atoms with Crippen LogP contribution in [0.1, 0.15) is 20.8 Å². The van der Waals surface area contributed by atoms with Crippen LogP contribution in [-0.4, -0.2) is 15.9 Å². The molecule has 25 heavy (non-hydrogen) atoms. The number of benzene rings is 1. The number of rotatable bonds is 3. The van der Waals surface area contributed by atoms with E-state index in [0.29, 0.717) is 9.88 Å².